The number of ketones is 2. The summed E-state index contributed by atoms with van der Waals surface area (Å²) in [4.78, 5) is 34.5. The Bertz CT molecular complexity index is 1370. The van der Waals surface area contributed by atoms with Crippen LogP contribution in [0.1, 0.15) is 74.5 Å². The molecule has 6 atom stereocenters. The summed E-state index contributed by atoms with van der Waals surface area (Å²) in [6, 6.07) is 15.5. The van der Waals surface area contributed by atoms with Gasteiger partial charge in [-0.3, -0.25) is 14.4 Å². The van der Waals surface area contributed by atoms with Crippen molar-refractivity contribution >= 4 is 17.5 Å². The number of benzene rings is 2. The zero-order valence-corrected chi connectivity index (χ0v) is 23.3. The number of hydrogen-bond acceptors (Lipinski definition) is 5. The van der Waals surface area contributed by atoms with Crippen LogP contribution in [-0.4, -0.2) is 28.7 Å². The Labute approximate surface area is 236 Å². The molecule has 2 aromatic rings. The zero-order valence-electron chi connectivity index (χ0n) is 23.3. The summed E-state index contributed by atoms with van der Waals surface area (Å²) >= 11 is 0. The van der Waals surface area contributed by atoms with Crippen molar-refractivity contribution in [3.63, 3.8) is 0 Å². The summed E-state index contributed by atoms with van der Waals surface area (Å²) in [5, 5.41) is 9.75. The van der Waals surface area contributed by atoms with Gasteiger partial charge in [0.1, 0.15) is 11.9 Å². The van der Waals surface area contributed by atoms with Crippen LogP contribution in [0.25, 0.3) is 0 Å². The second kappa shape index (κ2) is 11.4. The fourth-order valence-electron chi connectivity index (χ4n) is 7.79. The quantitative estimate of drug-likeness (QED) is 0.264. The average molecular weight is 539 g/mol. The number of hydrogen-bond donors (Lipinski definition) is 1. The molecule has 1 N–H and O–H groups in total. The SMILES string of the molecule is C=CC(C1=CC(=O)C=CC1=O)c1ccccc1.CC(=O)OC1CCC2C3CCc4cc(O)ccc4C3CCC12C. The van der Waals surface area contributed by atoms with Crippen molar-refractivity contribution in [1.82, 2.24) is 0 Å². The van der Waals surface area contributed by atoms with Gasteiger partial charge in [-0.15, -0.1) is 6.58 Å². The number of aryl methyl sites for hydroxylation is 1. The highest BCUT2D eigenvalue weighted by Gasteiger charge is 2.56. The van der Waals surface area contributed by atoms with Crippen molar-refractivity contribution in [1.29, 1.82) is 0 Å². The van der Waals surface area contributed by atoms with Crippen LogP contribution in [0.15, 0.2) is 85.0 Å². The van der Waals surface area contributed by atoms with Crippen LogP contribution in [0, 0.1) is 17.3 Å². The molecule has 5 heteroatoms. The maximum atomic E-state index is 11.8. The molecular formula is C35H38O5. The van der Waals surface area contributed by atoms with Gasteiger partial charge in [0, 0.05) is 23.8 Å². The van der Waals surface area contributed by atoms with E-state index in [1.165, 1.54) is 55.5 Å². The Morgan fingerprint density at radius 1 is 1.07 bits per heavy atom. The maximum Gasteiger partial charge on any atom is 0.302 e. The molecule has 0 radical (unpaired) electrons. The summed E-state index contributed by atoms with van der Waals surface area (Å²) < 4.78 is 5.68. The van der Waals surface area contributed by atoms with Gasteiger partial charge in [0.2, 0.25) is 0 Å². The number of phenols is 1. The minimum atomic E-state index is -0.224. The Morgan fingerprint density at radius 3 is 2.58 bits per heavy atom. The lowest BCUT2D eigenvalue weighted by molar-refractivity contribution is -0.154. The smallest absolute Gasteiger partial charge is 0.302 e. The molecular weight excluding hydrogens is 500 g/mol. The van der Waals surface area contributed by atoms with Crippen molar-refractivity contribution in [2.45, 2.75) is 70.3 Å². The Balaban J connectivity index is 0.000000170. The lowest BCUT2D eigenvalue weighted by Gasteiger charge is -2.50. The molecule has 0 aromatic heterocycles. The average Bonchev–Trinajstić information content (AvgIpc) is 3.27. The van der Waals surface area contributed by atoms with Crippen LogP contribution in [0.3, 0.4) is 0 Å². The molecule has 5 nitrogen and oxygen atoms in total. The van der Waals surface area contributed by atoms with E-state index in [9.17, 15) is 19.5 Å². The molecule has 6 unspecified atom stereocenters. The third-order valence-electron chi connectivity index (χ3n) is 9.64. The van der Waals surface area contributed by atoms with Crippen LogP contribution >= 0.6 is 0 Å². The third kappa shape index (κ3) is 5.34. The zero-order chi connectivity index (χ0) is 28.4. The van der Waals surface area contributed by atoms with Crippen LogP contribution < -0.4 is 0 Å². The molecule has 0 amide bonds. The largest absolute Gasteiger partial charge is 0.508 e. The van der Waals surface area contributed by atoms with Gasteiger partial charge in [-0.1, -0.05) is 49.4 Å². The lowest BCUT2D eigenvalue weighted by atomic mass is 9.55. The molecule has 0 spiro atoms. The number of aromatic hydroxyl groups is 1. The molecule has 0 aliphatic heterocycles. The van der Waals surface area contributed by atoms with Crippen molar-refractivity contribution in [3.05, 3.63) is 102 Å². The van der Waals surface area contributed by atoms with Crippen molar-refractivity contribution in [3.8, 4) is 5.75 Å². The number of ether oxygens (including phenoxy) is 1. The number of esters is 1. The summed E-state index contributed by atoms with van der Waals surface area (Å²) in [5.41, 5.74) is 4.40. The standard InChI is InChI=1S/C20H26O3.C15H12O2/c1-12(21)23-19-8-7-18-17-5-3-13-11-14(22)4-6-15(13)16(17)9-10-20(18,19)2;1-2-13(11-6-4-3-5-7-11)14-10-12(16)8-9-15(14)17/h4,6,11,16-19,22H,3,5,7-10H2,1-2H3;2-10,13H,1H2. The molecule has 40 heavy (non-hydrogen) atoms. The fourth-order valence-corrected chi connectivity index (χ4v) is 7.79. The minimum absolute atomic E-state index is 0.104. The lowest BCUT2D eigenvalue weighted by Crippen LogP contribution is -2.45. The first kappa shape index (κ1) is 27.8. The summed E-state index contributed by atoms with van der Waals surface area (Å²) in [6.07, 6.45) is 12.6. The third-order valence-corrected chi connectivity index (χ3v) is 9.64. The molecule has 0 bridgehead atoms. The number of phenolic OH excluding ortho intramolecular Hbond substituents is 1. The van der Waals surface area contributed by atoms with E-state index in [-0.39, 0.29) is 35.0 Å². The highest BCUT2D eigenvalue weighted by Crippen LogP contribution is 2.61. The monoisotopic (exact) mass is 538 g/mol. The van der Waals surface area contributed by atoms with Gasteiger partial charge in [-0.2, -0.15) is 0 Å². The maximum absolute atomic E-state index is 11.8. The number of carbonyl (C=O) groups excluding carboxylic acids is 3. The van der Waals surface area contributed by atoms with Gasteiger partial charge in [0.25, 0.3) is 0 Å². The van der Waals surface area contributed by atoms with E-state index in [4.69, 9.17) is 4.74 Å². The van der Waals surface area contributed by atoms with Gasteiger partial charge in [0.05, 0.1) is 0 Å². The normalized spacial score (nSPS) is 29.1. The van der Waals surface area contributed by atoms with Gasteiger partial charge in [0.15, 0.2) is 11.6 Å². The van der Waals surface area contributed by atoms with Crippen LogP contribution in [0.4, 0.5) is 0 Å². The van der Waals surface area contributed by atoms with Crippen molar-refractivity contribution in [2.24, 2.45) is 17.3 Å². The predicted molar refractivity (Wildman–Crippen MR) is 155 cm³/mol. The highest BCUT2D eigenvalue weighted by atomic mass is 16.5. The molecule has 4 aliphatic carbocycles. The van der Waals surface area contributed by atoms with E-state index in [0.717, 1.165) is 24.8 Å². The number of allylic oxidation sites excluding steroid dienone is 5. The molecule has 4 aliphatic rings. The topological polar surface area (TPSA) is 80.7 Å². The Morgan fingerprint density at radius 2 is 1.85 bits per heavy atom. The summed E-state index contributed by atoms with van der Waals surface area (Å²) in [7, 11) is 0. The molecule has 208 valence electrons. The van der Waals surface area contributed by atoms with E-state index in [2.05, 4.69) is 19.6 Å². The van der Waals surface area contributed by atoms with Crippen molar-refractivity contribution < 1.29 is 24.2 Å². The molecule has 0 heterocycles. The number of rotatable bonds is 4. The van der Waals surface area contributed by atoms with Crippen molar-refractivity contribution in [2.75, 3.05) is 0 Å². The van der Waals surface area contributed by atoms with E-state index < -0.39 is 0 Å². The molecule has 6 rings (SSSR count). The van der Waals surface area contributed by atoms with E-state index in [1.54, 1.807) is 6.08 Å². The Hall–Kier alpha value is -3.73. The fraction of sp³-hybridized carbons (Fsp3) is 0.400. The molecule has 2 fully saturated rings. The molecule has 2 aromatic carbocycles. The van der Waals surface area contributed by atoms with Gasteiger partial charge < -0.3 is 9.84 Å². The highest BCUT2D eigenvalue weighted by molar-refractivity contribution is 6.18. The van der Waals surface area contributed by atoms with E-state index in [1.807, 2.05) is 42.5 Å². The van der Waals surface area contributed by atoms with E-state index >= 15 is 0 Å². The summed E-state index contributed by atoms with van der Waals surface area (Å²) in [5.74, 6) is 1.73. The second-order valence-corrected chi connectivity index (χ2v) is 11.8. The van der Waals surface area contributed by atoms with Gasteiger partial charge in [-0.25, -0.2) is 0 Å². The first-order valence-electron chi connectivity index (χ1n) is 14.4. The summed E-state index contributed by atoms with van der Waals surface area (Å²) in [6.45, 7) is 7.63. The second-order valence-electron chi connectivity index (χ2n) is 11.8. The van der Waals surface area contributed by atoms with Crippen LogP contribution in [0.5, 0.6) is 5.75 Å². The van der Waals surface area contributed by atoms with Gasteiger partial charge >= 0.3 is 5.97 Å². The molecule has 2 saturated carbocycles. The van der Waals surface area contributed by atoms with Gasteiger partial charge in [-0.05, 0) is 103 Å². The first-order valence-corrected chi connectivity index (χ1v) is 14.4. The van der Waals surface area contributed by atoms with Crippen LogP contribution in [0.2, 0.25) is 0 Å². The predicted octanol–water partition coefficient (Wildman–Crippen LogP) is 6.77. The minimum Gasteiger partial charge on any atom is -0.508 e. The Kier molecular flexibility index (Phi) is 7.93. The van der Waals surface area contributed by atoms with Crippen LogP contribution in [-0.2, 0) is 25.5 Å². The first-order chi connectivity index (χ1) is 19.2. The molecule has 0 saturated heterocycles. The van der Waals surface area contributed by atoms with E-state index in [0.29, 0.717) is 29.1 Å². The number of carbonyl (C=O) groups is 3. The number of fused-ring (bicyclic) bond motifs is 5.